The van der Waals surface area contributed by atoms with E-state index in [1.807, 2.05) is 6.26 Å². The van der Waals surface area contributed by atoms with E-state index in [1.165, 1.54) is 50.8 Å². The Morgan fingerprint density at radius 1 is 1.33 bits per heavy atom. The Morgan fingerprint density at radius 2 is 2.13 bits per heavy atom. The van der Waals surface area contributed by atoms with Gasteiger partial charge < -0.3 is 9.73 Å². The van der Waals surface area contributed by atoms with Crippen molar-refractivity contribution in [3.8, 4) is 0 Å². The molecule has 0 atom stereocenters. The van der Waals surface area contributed by atoms with Crippen LogP contribution in [0.2, 0.25) is 0 Å². The van der Waals surface area contributed by atoms with Crippen LogP contribution in [0.1, 0.15) is 31.2 Å². The second-order valence-electron chi connectivity index (χ2n) is 5.26. The van der Waals surface area contributed by atoms with Crippen LogP contribution in [0.4, 0.5) is 0 Å². The minimum Gasteiger partial charge on any atom is -0.472 e. The largest absolute Gasteiger partial charge is 0.472 e. The summed E-state index contributed by atoms with van der Waals surface area (Å²) in [6.45, 7) is 2.42. The van der Waals surface area contributed by atoms with Crippen molar-refractivity contribution in [2.45, 2.75) is 32.1 Å². The topological polar surface area (TPSA) is 25.2 Å². The van der Waals surface area contributed by atoms with Crippen LogP contribution < -0.4 is 5.32 Å². The van der Waals surface area contributed by atoms with E-state index in [1.54, 1.807) is 6.26 Å². The van der Waals surface area contributed by atoms with Crippen LogP contribution in [0.5, 0.6) is 0 Å². The first-order chi connectivity index (χ1) is 7.39. The number of furan rings is 1. The Morgan fingerprint density at radius 3 is 2.67 bits per heavy atom. The van der Waals surface area contributed by atoms with Gasteiger partial charge in [0.2, 0.25) is 0 Å². The summed E-state index contributed by atoms with van der Waals surface area (Å²) >= 11 is 0. The smallest absolute Gasteiger partial charge is 0.0934 e. The fourth-order valence-electron chi connectivity index (χ4n) is 3.34. The van der Waals surface area contributed by atoms with Gasteiger partial charge in [0.15, 0.2) is 0 Å². The molecule has 0 bridgehead atoms. The molecule has 0 spiro atoms. The molecule has 82 valence electrons. The lowest BCUT2D eigenvalue weighted by atomic mass is 9.66. The van der Waals surface area contributed by atoms with E-state index in [-0.39, 0.29) is 0 Å². The van der Waals surface area contributed by atoms with Gasteiger partial charge in [0, 0.05) is 18.5 Å². The normalized spacial score (nSPS) is 25.3. The third kappa shape index (κ3) is 1.61. The van der Waals surface area contributed by atoms with Gasteiger partial charge in [-0.05, 0) is 36.8 Å². The lowest BCUT2D eigenvalue weighted by Gasteiger charge is -2.47. The van der Waals surface area contributed by atoms with E-state index in [4.69, 9.17) is 4.42 Å². The predicted molar refractivity (Wildman–Crippen MR) is 59.7 cm³/mol. The quantitative estimate of drug-likeness (QED) is 0.820. The van der Waals surface area contributed by atoms with Gasteiger partial charge in [-0.3, -0.25) is 0 Å². The summed E-state index contributed by atoms with van der Waals surface area (Å²) in [6.07, 6.45) is 10.7. The number of nitrogens with one attached hydrogen (secondary N) is 1. The maximum atomic E-state index is 5.17. The minimum atomic E-state index is 0.556. The van der Waals surface area contributed by atoms with Crippen molar-refractivity contribution >= 4 is 0 Å². The maximum Gasteiger partial charge on any atom is 0.0934 e. The molecule has 1 saturated heterocycles. The van der Waals surface area contributed by atoms with Gasteiger partial charge in [0.25, 0.3) is 0 Å². The molecule has 1 saturated carbocycles. The fourth-order valence-corrected chi connectivity index (χ4v) is 3.34. The van der Waals surface area contributed by atoms with Crippen molar-refractivity contribution in [3.05, 3.63) is 24.2 Å². The second-order valence-corrected chi connectivity index (χ2v) is 5.26. The number of rotatable bonds is 3. The highest BCUT2D eigenvalue weighted by atomic mass is 16.3. The van der Waals surface area contributed by atoms with Crippen LogP contribution in [-0.2, 0) is 6.42 Å². The average molecular weight is 205 g/mol. The summed E-state index contributed by atoms with van der Waals surface area (Å²) in [7, 11) is 0. The molecular weight excluding hydrogens is 186 g/mol. The van der Waals surface area contributed by atoms with Gasteiger partial charge in [-0.2, -0.15) is 0 Å². The Bertz CT molecular complexity index is 307. The molecule has 2 heteroatoms. The first-order valence-corrected chi connectivity index (χ1v) is 6.11. The zero-order valence-corrected chi connectivity index (χ0v) is 9.17. The fraction of sp³-hybridized carbons (Fsp3) is 0.692. The summed E-state index contributed by atoms with van der Waals surface area (Å²) in [4.78, 5) is 0. The third-order valence-corrected chi connectivity index (χ3v) is 4.31. The highest BCUT2D eigenvalue weighted by Crippen LogP contribution is 2.44. The first-order valence-electron chi connectivity index (χ1n) is 6.11. The summed E-state index contributed by atoms with van der Waals surface area (Å²) in [5.41, 5.74) is 1.93. The minimum absolute atomic E-state index is 0.556. The Labute approximate surface area is 91.0 Å². The molecule has 3 rings (SSSR count). The Hall–Kier alpha value is -0.760. The van der Waals surface area contributed by atoms with Gasteiger partial charge in [-0.1, -0.05) is 12.8 Å². The van der Waals surface area contributed by atoms with Crippen LogP contribution in [0.25, 0.3) is 0 Å². The van der Waals surface area contributed by atoms with E-state index >= 15 is 0 Å². The van der Waals surface area contributed by atoms with E-state index in [9.17, 15) is 0 Å². The molecule has 2 fully saturated rings. The van der Waals surface area contributed by atoms with Gasteiger partial charge in [-0.15, -0.1) is 0 Å². The molecule has 0 radical (unpaired) electrons. The van der Waals surface area contributed by atoms with Crippen molar-refractivity contribution < 1.29 is 4.42 Å². The van der Waals surface area contributed by atoms with Crippen molar-refractivity contribution in [2.75, 3.05) is 13.1 Å². The highest BCUT2D eigenvalue weighted by Gasteiger charge is 2.44. The van der Waals surface area contributed by atoms with E-state index in [2.05, 4.69) is 11.4 Å². The maximum absolute atomic E-state index is 5.17. The molecule has 1 aliphatic heterocycles. The molecule has 0 amide bonds. The van der Waals surface area contributed by atoms with Crippen LogP contribution in [0, 0.1) is 11.3 Å². The number of hydrogen-bond acceptors (Lipinski definition) is 2. The highest BCUT2D eigenvalue weighted by molar-refractivity contribution is 5.13. The van der Waals surface area contributed by atoms with Crippen molar-refractivity contribution in [3.63, 3.8) is 0 Å². The lowest BCUT2D eigenvalue weighted by Crippen LogP contribution is -2.58. The monoisotopic (exact) mass is 205 g/mol. The molecular formula is C13H19NO. The van der Waals surface area contributed by atoms with Crippen molar-refractivity contribution in [1.82, 2.24) is 5.32 Å². The van der Waals surface area contributed by atoms with Gasteiger partial charge in [-0.25, -0.2) is 0 Å². The average Bonchev–Trinajstić information content (AvgIpc) is 2.84. The summed E-state index contributed by atoms with van der Waals surface area (Å²) in [5, 5.41) is 3.46. The standard InChI is InChI=1S/C13H19NO/c1-2-4-12(3-1)13(9-14-10-13)7-11-5-6-15-8-11/h5-6,8,12,14H,1-4,7,9-10H2. The molecule has 2 aliphatic rings. The Kier molecular flexibility index (Phi) is 2.32. The molecule has 15 heavy (non-hydrogen) atoms. The van der Waals surface area contributed by atoms with Crippen molar-refractivity contribution in [2.24, 2.45) is 11.3 Å². The molecule has 1 aromatic heterocycles. The molecule has 1 N–H and O–H groups in total. The molecule has 1 aliphatic carbocycles. The van der Waals surface area contributed by atoms with Crippen LogP contribution in [-0.4, -0.2) is 13.1 Å². The third-order valence-electron chi connectivity index (χ3n) is 4.31. The molecule has 2 nitrogen and oxygen atoms in total. The van der Waals surface area contributed by atoms with Gasteiger partial charge in [0.1, 0.15) is 0 Å². The lowest BCUT2D eigenvalue weighted by molar-refractivity contribution is 0.0810. The SMILES string of the molecule is c1cc(CC2(C3CCCC3)CNC2)co1. The van der Waals surface area contributed by atoms with Gasteiger partial charge in [0.05, 0.1) is 12.5 Å². The van der Waals surface area contributed by atoms with Crippen LogP contribution in [0.3, 0.4) is 0 Å². The molecule has 1 aromatic rings. The Balaban J connectivity index is 1.74. The summed E-state index contributed by atoms with van der Waals surface area (Å²) < 4.78 is 5.17. The number of hydrogen-bond donors (Lipinski definition) is 1. The summed E-state index contributed by atoms with van der Waals surface area (Å²) in [6, 6.07) is 2.12. The molecule has 0 unspecified atom stereocenters. The van der Waals surface area contributed by atoms with Crippen molar-refractivity contribution in [1.29, 1.82) is 0 Å². The molecule has 2 heterocycles. The van der Waals surface area contributed by atoms with E-state index < -0.39 is 0 Å². The summed E-state index contributed by atoms with van der Waals surface area (Å²) in [5.74, 6) is 0.952. The first kappa shape index (κ1) is 9.46. The van der Waals surface area contributed by atoms with Crippen LogP contribution >= 0.6 is 0 Å². The zero-order valence-electron chi connectivity index (χ0n) is 9.17. The zero-order chi connectivity index (χ0) is 10.1. The second kappa shape index (κ2) is 3.67. The predicted octanol–water partition coefficient (Wildman–Crippen LogP) is 2.60. The van der Waals surface area contributed by atoms with Crippen LogP contribution in [0.15, 0.2) is 23.0 Å². The van der Waals surface area contributed by atoms with Gasteiger partial charge >= 0.3 is 0 Å². The van der Waals surface area contributed by atoms with E-state index in [0.29, 0.717) is 5.41 Å². The molecule has 0 aromatic carbocycles. The van der Waals surface area contributed by atoms with E-state index in [0.717, 1.165) is 5.92 Å².